The first-order valence-electron chi connectivity index (χ1n) is 9.47. The molecular formula is C22H21N3OS2. The summed E-state index contributed by atoms with van der Waals surface area (Å²) < 4.78 is 0. The van der Waals surface area contributed by atoms with Gasteiger partial charge in [0.05, 0.1) is 0 Å². The number of fused-ring (bicyclic) bond motifs is 2. The minimum absolute atomic E-state index is 0.0262. The number of amides is 2. The molecule has 5 rings (SSSR count). The van der Waals surface area contributed by atoms with E-state index in [-0.39, 0.29) is 11.9 Å². The van der Waals surface area contributed by atoms with Gasteiger partial charge in [0.25, 0.3) is 0 Å². The van der Waals surface area contributed by atoms with Crippen molar-refractivity contribution in [1.29, 1.82) is 0 Å². The number of urea groups is 1. The van der Waals surface area contributed by atoms with Crippen LogP contribution in [0.25, 0.3) is 10.9 Å². The zero-order valence-electron chi connectivity index (χ0n) is 15.4. The maximum Gasteiger partial charge on any atom is 0.317 e. The van der Waals surface area contributed by atoms with Crippen LogP contribution in [0.2, 0.25) is 0 Å². The zero-order valence-corrected chi connectivity index (χ0v) is 17.0. The molecule has 0 spiro atoms. The average molecular weight is 408 g/mol. The summed E-state index contributed by atoms with van der Waals surface area (Å²) in [5, 5.41) is 8.64. The molecule has 0 saturated heterocycles. The normalized spacial score (nSPS) is 14.8. The summed E-state index contributed by atoms with van der Waals surface area (Å²) in [6.45, 7) is 2.09. The Hall–Kier alpha value is -2.57. The number of nitrogens with one attached hydrogen (secondary N) is 2. The van der Waals surface area contributed by atoms with Crippen molar-refractivity contribution < 1.29 is 4.79 Å². The molecule has 1 aliphatic rings. The van der Waals surface area contributed by atoms with Crippen molar-refractivity contribution in [2.45, 2.75) is 18.9 Å². The summed E-state index contributed by atoms with van der Waals surface area (Å²) in [6.07, 6.45) is 3.04. The molecule has 0 aliphatic carbocycles. The molecule has 2 amide bonds. The van der Waals surface area contributed by atoms with Crippen molar-refractivity contribution in [3.05, 3.63) is 80.3 Å². The average Bonchev–Trinajstić information content (AvgIpc) is 3.48. The van der Waals surface area contributed by atoms with Crippen LogP contribution in [-0.4, -0.2) is 29.0 Å². The number of aromatic amines is 1. The van der Waals surface area contributed by atoms with E-state index in [1.807, 2.05) is 11.0 Å². The largest absolute Gasteiger partial charge is 0.361 e. The standard InChI is InChI=1S/C22H21N3OS2/c26-22(25-9-7-20-15(14-25)8-11-28-20)24-13-18(21-6-3-10-27-21)17-12-23-19-5-2-1-4-16(17)19/h1-6,8,10-12,18,23H,7,9,13-14H2,(H,24,26)/t18-/m1/s1. The number of benzene rings is 1. The molecule has 1 aromatic carbocycles. The Morgan fingerprint density at radius 3 is 2.96 bits per heavy atom. The lowest BCUT2D eigenvalue weighted by atomic mass is 9.97. The molecule has 6 heteroatoms. The van der Waals surface area contributed by atoms with Gasteiger partial charge in [0.1, 0.15) is 0 Å². The molecule has 0 radical (unpaired) electrons. The molecule has 0 fully saturated rings. The molecule has 142 valence electrons. The van der Waals surface area contributed by atoms with Gasteiger partial charge in [-0.1, -0.05) is 24.3 Å². The van der Waals surface area contributed by atoms with E-state index in [0.29, 0.717) is 13.1 Å². The fourth-order valence-electron chi connectivity index (χ4n) is 3.96. The van der Waals surface area contributed by atoms with Gasteiger partial charge in [-0.25, -0.2) is 4.79 Å². The van der Waals surface area contributed by atoms with Gasteiger partial charge in [0, 0.05) is 52.4 Å². The van der Waals surface area contributed by atoms with Crippen LogP contribution >= 0.6 is 22.7 Å². The summed E-state index contributed by atoms with van der Waals surface area (Å²) in [5.74, 6) is 0.140. The summed E-state index contributed by atoms with van der Waals surface area (Å²) >= 11 is 3.53. The van der Waals surface area contributed by atoms with Gasteiger partial charge in [-0.15, -0.1) is 22.7 Å². The van der Waals surface area contributed by atoms with Crippen LogP contribution in [0.5, 0.6) is 0 Å². The monoisotopic (exact) mass is 407 g/mol. The van der Waals surface area contributed by atoms with E-state index in [2.05, 4.69) is 63.7 Å². The molecule has 1 atom stereocenters. The van der Waals surface area contributed by atoms with E-state index in [1.165, 1.54) is 26.3 Å². The minimum Gasteiger partial charge on any atom is -0.361 e. The minimum atomic E-state index is 0.0262. The molecule has 0 saturated carbocycles. The SMILES string of the molecule is O=C(NC[C@@H](c1cccs1)c1c[nH]c2ccccc12)N1CCc2sccc2C1. The number of para-hydroxylation sites is 1. The Morgan fingerprint density at radius 2 is 2.07 bits per heavy atom. The smallest absolute Gasteiger partial charge is 0.317 e. The Bertz CT molecular complexity index is 1100. The molecule has 4 nitrogen and oxygen atoms in total. The van der Waals surface area contributed by atoms with Crippen LogP contribution in [0.1, 0.15) is 26.8 Å². The first-order chi connectivity index (χ1) is 13.8. The number of hydrogen-bond acceptors (Lipinski definition) is 3. The van der Waals surface area contributed by atoms with E-state index < -0.39 is 0 Å². The maximum atomic E-state index is 12.9. The van der Waals surface area contributed by atoms with E-state index in [4.69, 9.17) is 0 Å². The Labute approximate surface area is 171 Å². The fraction of sp³-hybridized carbons (Fsp3) is 0.227. The lowest BCUT2D eigenvalue weighted by molar-refractivity contribution is 0.192. The third-order valence-corrected chi connectivity index (χ3v) is 7.44. The van der Waals surface area contributed by atoms with Gasteiger partial charge < -0.3 is 15.2 Å². The second-order valence-electron chi connectivity index (χ2n) is 7.08. The number of hydrogen-bond donors (Lipinski definition) is 2. The lowest BCUT2D eigenvalue weighted by Crippen LogP contribution is -2.43. The van der Waals surface area contributed by atoms with Crippen molar-refractivity contribution in [2.75, 3.05) is 13.1 Å². The number of rotatable bonds is 4. The number of aromatic nitrogens is 1. The van der Waals surface area contributed by atoms with Crippen molar-refractivity contribution >= 4 is 39.6 Å². The number of carbonyl (C=O) groups excluding carboxylic acids is 1. The Morgan fingerprint density at radius 1 is 1.14 bits per heavy atom. The van der Waals surface area contributed by atoms with Crippen LogP contribution in [0.15, 0.2) is 59.4 Å². The Kier molecular flexibility index (Phi) is 4.66. The second-order valence-corrected chi connectivity index (χ2v) is 9.06. The molecule has 0 bridgehead atoms. The third-order valence-electron chi connectivity index (χ3n) is 5.44. The number of thiophene rings is 2. The fourth-order valence-corrected chi connectivity index (χ4v) is 5.69. The molecule has 4 heterocycles. The molecular weight excluding hydrogens is 386 g/mol. The van der Waals surface area contributed by atoms with Gasteiger partial charge in [0.2, 0.25) is 0 Å². The summed E-state index contributed by atoms with van der Waals surface area (Å²) in [7, 11) is 0. The molecule has 2 N–H and O–H groups in total. The van der Waals surface area contributed by atoms with Gasteiger partial charge in [-0.2, -0.15) is 0 Å². The van der Waals surface area contributed by atoms with Crippen molar-refractivity contribution in [3.8, 4) is 0 Å². The second kappa shape index (κ2) is 7.45. The van der Waals surface area contributed by atoms with E-state index in [1.54, 1.807) is 22.7 Å². The van der Waals surface area contributed by atoms with Gasteiger partial charge in [-0.3, -0.25) is 0 Å². The maximum absolute atomic E-state index is 12.9. The summed E-state index contributed by atoms with van der Waals surface area (Å²) in [6, 6.07) is 14.7. The highest BCUT2D eigenvalue weighted by atomic mass is 32.1. The van der Waals surface area contributed by atoms with Crippen molar-refractivity contribution in [2.24, 2.45) is 0 Å². The van der Waals surface area contributed by atoms with Crippen LogP contribution < -0.4 is 5.32 Å². The highest BCUT2D eigenvalue weighted by Crippen LogP contribution is 2.33. The van der Waals surface area contributed by atoms with Crippen LogP contribution in [0.3, 0.4) is 0 Å². The Balaban J connectivity index is 1.35. The lowest BCUT2D eigenvalue weighted by Gasteiger charge is -2.28. The van der Waals surface area contributed by atoms with E-state index in [9.17, 15) is 4.79 Å². The molecule has 28 heavy (non-hydrogen) atoms. The topological polar surface area (TPSA) is 48.1 Å². The highest BCUT2D eigenvalue weighted by molar-refractivity contribution is 7.10. The zero-order chi connectivity index (χ0) is 18.9. The molecule has 0 unspecified atom stereocenters. The highest BCUT2D eigenvalue weighted by Gasteiger charge is 2.24. The van der Waals surface area contributed by atoms with Gasteiger partial charge in [0.15, 0.2) is 0 Å². The summed E-state index contributed by atoms with van der Waals surface area (Å²) in [4.78, 5) is 20.8. The molecule has 1 aliphatic heterocycles. The molecule has 3 aromatic heterocycles. The number of H-pyrrole nitrogens is 1. The van der Waals surface area contributed by atoms with Crippen molar-refractivity contribution in [3.63, 3.8) is 0 Å². The van der Waals surface area contributed by atoms with E-state index >= 15 is 0 Å². The van der Waals surface area contributed by atoms with Gasteiger partial charge >= 0.3 is 6.03 Å². The number of carbonyl (C=O) groups is 1. The third kappa shape index (κ3) is 3.23. The predicted molar refractivity (Wildman–Crippen MR) is 116 cm³/mol. The first kappa shape index (κ1) is 17.5. The molecule has 4 aromatic rings. The summed E-state index contributed by atoms with van der Waals surface area (Å²) in [5.41, 5.74) is 3.65. The predicted octanol–water partition coefficient (Wildman–Crippen LogP) is 5.19. The number of nitrogens with zero attached hydrogens (tertiary/aromatic N) is 1. The van der Waals surface area contributed by atoms with Crippen LogP contribution in [-0.2, 0) is 13.0 Å². The van der Waals surface area contributed by atoms with Crippen LogP contribution in [0, 0.1) is 0 Å². The van der Waals surface area contributed by atoms with E-state index in [0.717, 1.165) is 18.5 Å². The van der Waals surface area contributed by atoms with Crippen molar-refractivity contribution in [1.82, 2.24) is 15.2 Å². The van der Waals surface area contributed by atoms with Crippen LogP contribution in [0.4, 0.5) is 4.79 Å². The first-order valence-corrected chi connectivity index (χ1v) is 11.2. The van der Waals surface area contributed by atoms with Gasteiger partial charge in [-0.05, 0) is 46.5 Å². The quantitative estimate of drug-likeness (QED) is 0.480.